The molecule has 1 unspecified atom stereocenters. The van der Waals surface area contributed by atoms with Crippen LogP contribution < -0.4 is 0 Å². The molecule has 0 radical (unpaired) electrons. The second kappa shape index (κ2) is 50.3. The number of carbonyl (C=O) groups is 3. The van der Waals surface area contributed by atoms with E-state index in [9.17, 15) is 14.4 Å². The minimum atomic E-state index is -0.773. The highest BCUT2D eigenvalue weighted by Gasteiger charge is 2.19. The maximum Gasteiger partial charge on any atom is 0.306 e. The summed E-state index contributed by atoms with van der Waals surface area (Å²) >= 11 is 0. The Morgan fingerprint density at radius 3 is 1.00 bits per heavy atom. The zero-order chi connectivity index (χ0) is 44.4. The van der Waals surface area contributed by atoms with Gasteiger partial charge < -0.3 is 14.2 Å². The van der Waals surface area contributed by atoms with E-state index in [2.05, 4.69) is 57.2 Å². The fraction of sp³-hybridized carbons (Fsp3) is 0.836. The Hall–Kier alpha value is -2.37. The molecule has 0 N–H and O–H groups in total. The highest BCUT2D eigenvalue weighted by atomic mass is 16.6. The van der Waals surface area contributed by atoms with Crippen molar-refractivity contribution in [1.29, 1.82) is 0 Å². The SMILES string of the molecule is CC/C=C\C/C=C\C/C=C\CCCCCCCC(=O)OCC(COC(=O)CCCCCCCCCCCCCCCCC)OC(=O)CCCCCCCCCCCCCCC. The number of esters is 3. The Morgan fingerprint density at radius 2 is 0.639 bits per heavy atom. The molecule has 1 atom stereocenters. The molecule has 0 aromatic heterocycles. The molecule has 0 saturated heterocycles. The van der Waals surface area contributed by atoms with Gasteiger partial charge in [0.05, 0.1) is 0 Å². The van der Waals surface area contributed by atoms with Crippen molar-refractivity contribution in [2.24, 2.45) is 0 Å². The zero-order valence-corrected chi connectivity index (χ0v) is 40.7. The van der Waals surface area contributed by atoms with Crippen LogP contribution in [0.25, 0.3) is 0 Å². The minimum absolute atomic E-state index is 0.0732. The second-order valence-electron chi connectivity index (χ2n) is 17.8. The lowest BCUT2D eigenvalue weighted by atomic mass is 10.0. The molecular formula is C55H100O6. The maximum absolute atomic E-state index is 12.8. The summed E-state index contributed by atoms with van der Waals surface area (Å²) in [6.07, 6.45) is 58.4. The van der Waals surface area contributed by atoms with Gasteiger partial charge in [0.15, 0.2) is 6.10 Å². The van der Waals surface area contributed by atoms with Gasteiger partial charge in [-0.15, -0.1) is 0 Å². The second-order valence-corrected chi connectivity index (χ2v) is 17.8. The number of allylic oxidation sites excluding steroid dienone is 6. The summed E-state index contributed by atoms with van der Waals surface area (Å²) < 4.78 is 16.8. The van der Waals surface area contributed by atoms with Gasteiger partial charge in [0.2, 0.25) is 0 Å². The summed E-state index contributed by atoms with van der Waals surface area (Å²) in [4.78, 5) is 38.0. The topological polar surface area (TPSA) is 78.9 Å². The number of unbranched alkanes of at least 4 members (excludes halogenated alkanes) is 31. The van der Waals surface area contributed by atoms with E-state index in [1.54, 1.807) is 0 Å². The highest BCUT2D eigenvalue weighted by molar-refractivity contribution is 5.71. The zero-order valence-electron chi connectivity index (χ0n) is 40.7. The van der Waals surface area contributed by atoms with E-state index in [1.165, 1.54) is 141 Å². The van der Waals surface area contributed by atoms with Crippen molar-refractivity contribution >= 4 is 17.9 Å². The van der Waals surface area contributed by atoms with E-state index in [0.717, 1.165) is 96.3 Å². The monoisotopic (exact) mass is 857 g/mol. The molecular weight excluding hydrogens is 757 g/mol. The number of hydrogen-bond acceptors (Lipinski definition) is 6. The average molecular weight is 857 g/mol. The standard InChI is InChI=1S/C55H100O6/c1-4-7-10-13-16-19-22-25-27-30-32-35-38-41-44-47-53(56)59-50-52(61-55(58)49-46-43-40-37-34-29-24-21-18-15-12-9-6-3)51-60-54(57)48-45-42-39-36-33-31-28-26-23-20-17-14-11-8-5-2/h7,10,16,19,25,27,52H,4-6,8-9,11-15,17-18,20-24,26,28-51H2,1-3H3/b10-7-,19-16-,27-25-. The van der Waals surface area contributed by atoms with Crippen LogP contribution >= 0.6 is 0 Å². The van der Waals surface area contributed by atoms with Crippen LogP contribution in [0.4, 0.5) is 0 Å². The van der Waals surface area contributed by atoms with Crippen LogP contribution in [0.3, 0.4) is 0 Å². The highest BCUT2D eigenvalue weighted by Crippen LogP contribution is 2.16. The van der Waals surface area contributed by atoms with E-state index in [0.29, 0.717) is 19.3 Å². The van der Waals surface area contributed by atoms with Gasteiger partial charge in [0.25, 0.3) is 0 Å². The third kappa shape index (κ3) is 48.5. The third-order valence-electron chi connectivity index (χ3n) is 11.7. The summed E-state index contributed by atoms with van der Waals surface area (Å²) in [5, 5.41) is 0. The van der Waals surface area contributed by atoms with Crippen LogP contribution in [0, 0.1) is 0 Å². The summed E-state index contributed by atoms with van der Waals surface area (Å²) in [5.41, 5.74) is 0. The van der Waals surface area contributed by atoms with Gasteiger partial charge in [0, 0.05) is 19.3 Å². The molecule has 356 valence electrons. The van der Waals surface area contributed by atoms with Gasteiger partial charge in [-0.3, -0.25) is 14.4 Å². The molecule has 0 saturated carbocycles. The van der Waals surface area contributed by atoms with Gasteiger partial charge in [-0.25, -0.2) is 0 Å². The molecule has 0 aliphatic carbocycles. The van der Waals surface area contributed by atoms with Crippen molar-refractivity contribution in [2.45, 2.75) is 284 Å². The van der Waals surface area contributed by atoms with E-state index >= 15 is 0 Å². The van der Waals surface area contributed by atoms with Crippen LogP contribution in [-0.4, -0.2) is 37.2 Å². The lowest BCUT2D eigenvalue weighted by Crippen LogP contribution is -2.30. The Labute approximate surface area is 378 Å². The van der Waals surface area contributed by atoms with Crippen molar-refractivity contribution in [3.8, 4) is 0 Å². The van der Waals surface area contributed by atoms with Crippen molar-refractivity contribution in [1.82, 2.24) is 0 Å². The molecule has 0 heterocycles. The largest absolute Gasteiger partial charge is 0.462 e. The normalized spacial score (nSPS) is 12.2. The quantitative estimate of drug-likeness (QED) is 0.0262. The van der Waals surface area contributed by atoms with Crippen LogP contribution in [0.2, 0.25) is 0 Å². The Bertz CT molecular complexity index is 1030. The molecule has 0 spiro atoms. The van der Waals surface area contributed by atoms with E-state index in [4.69, 9.17) is 14.2 Å². The van der Waals surface area contributed by atoms with Crippen molar-refractivity contribution in [3.05, 3.63) is 36.5 Å². The van der Waals surface area contributed by atoms with Gasteiger partial charge in [0.1, 0.15) is 13.2 Å². The molecule has 0 aliphatic rings. The third-order valence-corrected chi connectivity index (χ3v) is 11.7. The number of rotatable bonds is 48. The molecule has 0 bridgehead atoms. The van der Waals surface area contributed by atoms with Gasteiger partial charge in [-0.1, -0.05) is 243 Å². The first-order chi connectivity index (χ1) is 30.0. The smallest absolute Gasteiger partial charge is 0.306 e. The fourth-order valence-electron chi connectivity index (χ4n) is 7.69. The molecule has 0 amide bonds. The minimum Gasteiger partial charge on any atom is -0.462 e. The predicted molar refractivity (Wildman–Crippen MR) is 261 cm³/mol. The first-order valence-electron chi connectivity index (χ1n) is 26.5. The van der Waals surface area contributed by atoms with Crippen molar-refractivity contribution in [2.75, 3.05) is 13.2 Å². The maximum atomic E-state index is 12.8. The van der Waals surface area contributed by atoms with Gasteiger partial charge in [-0.2, -0.15) is 0 Å². The molecule has 0 fully saturated rings. The predicted octanol–water partition coefficient (Wildman–Crippen LogP) is 17.3. The Balaban J connectivity index is 4.36. The Kier molecular flexibility index (Phi) is 48.3. The summed E-state index contributed by atoms with van der Waals surface area (Å²) in [7, 11) is 0. The molecule has 61 heavy (non-hydrogen) atoms. The lowest BCUT2D eigenvalue weighted by Gasteiger charge is -2.18. The van der Waals surface area contributed by atoms with Crippen LogP contribution in [0.15, 0.2) is 36.5 Å². The number of hydrogen-bond donors (Lipinski definition) is 0. The molecule has 0 aromatic carbocycles. The molecule has 0 rings (SSSR count). The van der Waals surface area contributed by atoms with Crippen LogP contribution in [-0.2, 0) is 28.6 Å². The number of ether oxygens (including phenoxy) is 3. The van der Waals surface area contributed by atoms with Crippen molar-refractivity contribution < 1.29 is 28.6 Å². The van der Waals surface area contributed by atoms with Gasteiger partial charge >= 0.3 is 17.9 Å². The number of carbonyl (C=O) groups excluding carboxylic acids is 3. The first-order valence-corrected chi connectivity index (χ1v) is 26.5. The molecule has 0 aromatic rings. The summed E-state index contributed by atoms with van der Waals surface area (Å²) in [6.45, 7) is 6.54. The molecule has 0 aliphatic heterocycles. The van der Waals surface area contributed by atoms with E-state index in [1.807, 2.05) is 0 Å². The lowest BCUT2D eigenvalue weighted by molar-refractivity contribution is -0.167. The summed E-state index contributed by atoms with van der Waals surface area (Å²) in [6, 6.07) is 0. The van der Waals surface area contributed by atoms with Gasteiger partial charge in [-0.05, 0) is 51.4 Å². The van der Waals surface area contributed by atoms with Crippen LogP contribution in [0.5, 0.6) is 0 Å². The molecule has 6 heteroatoms. The molecule has 6 nitrogen and oxygen atoms in total. The first kappa shape index (κ1) is 58.6. The summed E-state index contributed by atoms with van der Waals surface area (Å²) in [5.74, 6) is -0.877. The average Bonchev–Trinajstić information content (AvgIpc) is 3.26. The van der Waals surface area contributed by atoms with E-state index < -0.39 is 6.10 Å². The van der Waals surface area contributed by atoms with Crippen LogP contribution in [0.1, 0.15) is 278 Å². The van der Waals surface area contributed by atoms with E-state index in [-0.39, 0.29) is 31.1 Å². The van der Waals surface area contributed by atoms with Crippen molar-refractivity contribution in [3.63, 3.8) is 0 Å². The Morgan fingerprint density at radius 1 is 0.344 bits per heavy atom. The fourth-order valence-corrected chi connectivity index (χ4v) is 7.69.